The fourth-order valence-electron chi connectivity index (χ4n) is 0. The van der Waals surface area contributed by atoms with E-state index in [0.717, 1.165) is 0 Å². The van der Waals surface area contributed by atoms with Gasteiger partial charge in [0.05, 0.1) is 0 Å². The van der Waals surface area contributed by atoms with Crippen molar-refractivity contribution in [2.75, 3.05) is 0 Å². The van der Waals surface area contributed by atoms with Gasteiger partial charge in [0.2, 0.25) is 0 Å². The Morgan fingerprint density at radius 3 is 1.00 bits per heavy atom. The summed E-state index contributed by atoms with van der Waals surface area (Å²) in [6.45, 7) is 0. The summed E-state index contributed by atoms with van der Waals surface area (Å²) in [5, 5.41) is 0. The zero-order chi connectivity index (χ0) is 0. The average Bonchev–Trinajstić information content (AvgIpc) is 0. The van der Waals surface area contributed by atoms with Crippen LogP contribution < -0.4 is 0 Å². The summed E-state index contributed by atoms with van der Waals surface area (Å²) in [5.74, 6) is 0. The molecule has 0 aliphatic heterocycles. The molecule has 0 spiro atoms. The molecule has 4 heavy (non-hydrogen) atoms. The smallest absolute Gasteiger partial charge is 0 e. The van der Waals surface area contributed by atoms with Crippen molar-refractivity contribution in [2.24, 2.45) is 0 Å². The molecule has 0 fully saturated rings. The second kappa shape index (κ2) is 15.7. The molecule has 0 aliphatic rings. The standard InChI is InChI=1S/Ba.Ga.Ge.K. The van der Waals surface area contributed by atoms with Crippen molar-refractivity contribution < 1.29 is 0 Å². The molecule has 0 aromatic heterocycles. The minimum absolute atomic E-state index is 0. The third-order valence-electron chi connectivity index (χ3n) is 0. The van der Waals surface area contributed by atoms with Gasteiger partial charge < -0.3 is 0 Å². The molecule has 0 nitrogen and oxygen atoms in total. The monoisotopic (exact) mass is 320 g/mol. The van der Waals surface area contributed by atoms with Crippen molar-refractivity contribution in [2.45, 2.75) is 0 Å². The molecule has 0 aromatic rings. The first kappa shape index (κ1) is 23.8. The van der Waals surface area contributed by atoms with Gasteiger partial charge in [-0.25, -0.2) is 0 Å². The summed E-state index contributed by atoms with van der Waals surface area (Å²) in [4.78, 5) is 0. The first-order chi connectivity index (χ1) is 0. The third-order valence-corrected chi connectivity index (χ3v) is 0. The topological polar surface area (TPSA) is 0 Å². The third kappa shape index (κ3) is 9.63. The van der Waals surface area contributed by atoms with Crippen LogP contribution in [0.1, 0.15) is 0 Å². The van der Waals surface area contributed by atoms with Gasteiger partial charge in [-0.15, -0.1) is 0 Å². The van der Waals surface area contributed by atoms with Crippen LogP contribution in [0.2, 0.25) is 0 Å². The quantitative estimate of drug-likeness (QED) is 0.476. The zero-order valence-corrected chi connectivity index (χ0v) is 14.9. The maximum absolute atomic E-state index is 0. The fourth-order valence-corrected chi connectivity index (χ4v) is 0. The van der Waals surface area contributed by atoms with E-state index in [1.807, 2.05) is 0 Å². The summed E-state index contributed by atoms with van der Waals surface area (Å²) in [6, 6.07) is 0. The Morgan fingerprint density at radius 2 is 1.00 bits per heavy atom. The van der Waals surface area contributed by atoms with Gasteiger partial charge in [-0.2, -0.15) is 0 Å². The van der Waals surface area contributed by atoms with Gasteiger partial charge in [-0.3, -0.25) is 0 Å². The first-order valence-corrected chi connectivity index (χ1v) is 0. The molecule has 0 bridgehead atoms. The van der Waals surface area contributed by atoms with E-state index in [1.54, 1.807) is 0 Å². The summed E-state index contributed by atoms with van der Waals surface area (Å²) >= 11 is 0. The minimum atomic E-state index is 0. The van der Waals surface area contributed by atoms with Crippen LogP contribution >= 0.6 is 0 Å². The Hall–Kier alpha value is 4.39. The van der Waals surface area contributed by atoms with Gasteiger partial charge in [-0.05, 0) is 0 Å². The Labute approximate surface area is 133 Å². The molecule has 0 rings (SSSR count). The van der Waals surface area contributed by atoms with Crippen molar-refractivity contribution in [3.63, 3.8) is 0 Å². The van der Waals surface area contributed by atoms with E-state index in [-0.39, 0.29) is 138 Å². The molecule has 0 unspecified atom stereocenters. The van der Waals surface area contributed by atoms with Crippen LogP contribution in [0, 0.1) is 0 Å². The summed E-state index contributed by atoms with van der Waals surface area (Å²) < 4.78 is 0. The van der Waals surface area contributed by atoms with Crippen LogP contribution in [0.25, 0.3) is 0 Å². The molecule has 0 aliphatic carbocycles. The van der Waals surface area contributed by atoms with E-state index in [9.17, 15) is 0 Å². The Bertz CT molecular complexity index is 8.00. The fraction of sp³-hybridized carbons (Fsp3) is 0. The molecular formula is BaGaGeK. The second-order valence-electron chi connectivity index (χ2n) is 0. The van der Waals surface area contributed by atoms with Crippen molar-refractivity contribution in [1.29, 1.82) is 0 Å². The normalized spacial score (nSPS) is 0. The molecule has 0 saturated carbocycles. The van der Waals surface area contributed by atoms with Gasteiger partial charge >= 0.3 is 0 Å². The summed E-state index contributed by atoms with van der Waals surface area (Å²) in [5.41, 5.74) is 0. The number of rotatable bonds is 0. The van der Waals surface area contributed by atoms with Gasteiger partial charge in [-0.1, -0.05) is 0 Å². The van der Waals surface area contributed by atoms with E-state index in [2.05, 4.69) is 0 Å². The molecule has 0 amide bonds. The van der Waals surface area contributed by atoms with Crippen LogP contribution in [0.4, 0.5) is 0 Å². The molecule has 0 heterocycles. The summed E-state index contributed by atoms with van der Waals surface area (Å²) in [6.07, 6.45) is 0. The molecule has 4 heteroatoms. The van der Waals surface area contributed by atoms with Crippen LogP contribution in [0.15, 0.2) is 0 Å². The molecule has 0 N–H and O–H groups in total. The van der Waals surface area contributed by atoms with Gasteiger partial charge in [0.25, 0.3) is 0 Å². The maximum atomic E-state index is 0. The zero-order valence-electron chi connectivity index (χ0n) is 2.78. The number of hydrogen-bond donors (Lipinski definition) is 0. The SMILES string of the molecule is [Ba].[Ga].[Ge].[K]. The predicted molar refractivity (Wildman–Crippen MR) is 23.0 cm³/mol. The first-order valence-electron chi connectivity index (χ1n) is 0. The van der Waals surface area contributed by atoms with Crippen molar-refractivity contribution in [1.82, 2.24) is 0 Å². The molecule has 10 valence electrons. The van der Waals surface area contributed by atoms with Crippen LogP contribution in [-0.2, 0) is 0 Å². The number of hydrogen-bond acceptors (Lipinski definition) is 0. The van der Waals surface area contributed by atoms with E-state index in [0.29, 0.717) is 0 Å². The van der Waals surface area contributed by atoms with Crippen LogP contribution in [0.3, 0.4) is 0 Å². The van der Waals surface area contributed by atoms with Crippen molar-refractivity contribution >= 4 is 138 Å². The molecule has 0 saturated heterocycles. The van der Waals surface area contributed by atoms with E-state index in [1.165, 1.54) is 0 Å². The molecule has 10 radical (unpaired) electrons. The van der Waals surface area contributed by atoms with E-state index in [4.69, 9.17) is 0 Å². The second-order valence-corrected chi connectivity index (χ2v) is 0. The van der Waals surface area contributed by atoms with Crippen molar-refractivity contribution in [3.05, 3.63) is 0 Å². The largest absolute Gasteiger partial charge is 0 e. The predicted octanol–water partition coefficient (Wildman–Crippen LogP) is -1.52. The van der Waals surface area contributed by atoms with Gasteiger partial charge in [0, 0.05) is 138 Å². The van der Waals surface area contributed by atoms with Gasteiger partial charge in [0.15, 0.2) is 0 Å². The maximum Gasteiger partial charge on any atom is 0 e. The molecule has 0 atom stereocenters. The summed E-state index contributed by atoms with van der Waals surface area (Å²) in [7, 11) is 0. The Balaban J connectivity index is 0. The van der Waals surface area contributed by atoms with E-state index < -0.39 is 0 Å². The van der Waals surface area contributed by atoms with Crippen molar-refractivity contribution in [3.8, 4) is 0 Å². The van der Waals surface area contributed by atoms with Crippen LogP contribution in [-0.4, -0.2) is 138 Å². The Morgan fingerprint density at radius 1 is 1.00 bits per heavy atom. The Kier molecular flexibility index (Phi) is 93.1. The minimum Gasteiger partial charge on any atom is 0 e. The average molecular weight is 319 g/mol. The molecule has 0 aromatic carbocycles. The molecular weight excluding hydrogens is 319 g/mol. The van der Waals surface area contributed by atoms with Crippen LogP contribution in [0.5, 0.6) is 0 Å². The van der Waals surface area contributed by atoms with Gasteiger partial charge in [0.1, 0.15) is 0 Å². The van der Waals surface area contributed by atoms with E-state index >= 15 is 0 Å².